The first-order valence-corrected chi connectivity index (χ1v) is 7.08. The Morgan fingerprint density at radius 1 is 1.20 bits per heavy atom. The molecule has 0 saturated carbocycles. The number of halogens is 2. The second-order valence-corrected chi connectivity index (χ2v) is 6.22. The molecule has 1 aromatic heterocycles. The molecular weight excluding hydrogens is 302 g/mol. The van der Waals surface area contributed by atoms with Gasteiger partial charge < -0.3 is 0 Å². The second-order valence-electron chi connectivity index (χ2n) is 2.89. The standard InChI is InChI=1S/C9H5BrClNO2S/c10-8-3-1-2-7-6(8)4-5-12-9(7)15(11,13)14/h1-5H. The Kier molecular flexibility index (Phi) is 2.70. The molecule has 2 aromatic rings. The Hall–Kier alpha value is -0.650. The molecule has 0 radical (unpaired) electrons. The summed E-state index contributed by atoms with van der Waals surface area (Å²) < 4.78 is 23.3. The molecule has 0 unspecified atom stereocenters. The topological polar surface area (TPSA) is 47.0 Å². The highest BCUT2D eigenvalue weighted by Gasteiger charge is 2.16. The van der Waals surface area contributed by atoms with Crippen LogP contribution >= 0.6 is 26.6 Å². The predicted octanol–water partition coefficient (Wildman–Crippen LogP) is 2.92. The van der Waals surface area contributed by atoms with E-state index in [9.17, 15) is 8.42 Å². The Morgan fingerprint density at radius 3 is 2.60 bits per heavy atom. The summed E-state index contributed by atoms with van der Waals surface area (Å²) in [6.45, 7) is 0. The summed E-state index contributed by atoms with van der Waals surface area (Å²) in [5.41, 5.74) is 0. The van der Waals surface area contributed by atoms with Gasteiger partial charge in [0.25, 0.3) is 9.05 Å². The van der Waals surface area contributed by atoms with Crippen molar-refractivity contribution >= 4 is 46.4 Å². The van der Waals surface area contributed by atoms with Gasteiger partial charge in [-0.3, -0.25) is 0 Å². The zero-order valence-corrected chi connectivity index (χ0v) is 10.5. The van der Waals surface area contributed by atoms with E-state index in [2.05, 4.69) is 20.9 Å². The second kappa shape index (κ2) is 3.73. The molecule has 0 amide bonds. The third kappa shape index (κ3) is 2.00. The Bertz CT molecular complexity index is 627. The van der Waals surface area contributed by atoms with Gasteiger partial charge in [-0.05, 0) is 12.1 Å². The summed E-state index contributed by atoms with van der Waals surface area (Å²) in [7, 11) is 1.48. The van der Waals surface area contributed by atoms with Crippen molar-refractivity contribution in [3.63, 3.8) is 0 Å². The zero-order chi connectivity index (χ0) is 11.1. The van der Waals surface area contributed by atoms with Crippen LogP contribution in [0.5, 0.6) is 0 Å². The molecule has 15 heavy (non-hydrogen) atoms. The highest BCUT2D eigenvalue weighted by atomic mass is 79.9. The summed E-state index contributed by atoms with van der Waals surface area (Å²) >= 11 is 3.33. The lowest BCUT2D eigenvalue weighted by Gasteiger charge is -2.03. The largest absolute Gasteiger partial charge is 0.279 e. The van der Waals surface area contributed by atoms with E-state index in [1.807, 2.05) is 6.07 Å². The number of nitrogens with zero attached hydrogens (tertiary/aromatic N) is 1. The molecule has 1 aromatic carbocycles. The summed E-state index contributed by atoms with van der Waals surface area (Å²) in [6, 6.07) is 6.96. The van der Waals surface area contributed by atoms with Crippen LogP contribution in [0.4, 0.5) is 0 Å². The van der Waals surface area contributed by atoms with Crippen molar-refractivity contribution < 1.29 is 8.42 Å². The van der Waals surface area contributed by atoms with E-state index >= 15 is 0 Å². The monoisotopic (exact) mass is 305 g/mol. The zero-order valence-electron chi connectivity index (χ0n) is 7.31. The minimum atomic E-state index is -3.81. The number of hydrogen-bond acceptors (Lipinski definition) is 3. The van der Waals surface area contributed by atoms with E-state index < -0.39 is 9.05 Å². The Labute approximate surface area is 99.6 Å². The van der Waals surface area contributed by atoms with Gasteiger partial charge in [0.1, 0.15) is 0 Å². The summed E-state index contributed by atoms with van der Waals surface area (Å²) in [4.78, 5) is 3.78. The summed E-state index contributed by atoms with van der Waals surface area (Å²) in [5.74, 6) is 0. The fourth-order valence-electron chi connectivity index (χ4n) is 1.34. The lowest BCUT2D eigenvalue weighted by molar-refractivity contribution is 0.607. The summed E-state index contributed by atoms with van der Waals surface area (Å²) in [5, 5.41) is 1.18. The van der Waals surface area contributed by atoms with E-state index in [-0.39, 0.29) is 5.03 Å². The maximum atomic E-state index is 11.2. The number of benzene rings is 1. The lowest BCUT2D eigenvalue weighted by atomic mass is 10.2. The highest BCUT2D eigenvalue weighted by Crippen LogP contribution is 2.28. The predicted molar refractivity (Wildman–Crippen MR) is 62.5 cm³/mol. The minimum Gasteiger partial charge on any atom is -0.243 e. The van der Waals surface area contributed by atoms with E-state index in [1.54, 1.807) is 18.2 Å². The van der Waals surface area contributed by atoms with Gasteiger partial charge >= 0.3 is 0 Å². The van der Waals surface area contributed by atoms with Gasteiger partial charge in [0.2, 0.25) is 0 Å². The molecule has 0 aliphatic carbocycles. The van der Waals surface area contributed by atoms with Gasteiger partial charge in [-0.25, -0.2) is 13.4 Å². The van der Waals surface area contributed by atoms with E-state index in [0.29, 0.717) is 5.39 Å². The van der Waals surface area contributed by atoms with Crippen molar-refractivity contribution in [2.45, 2.75) is 5.03 Å². The molecule has 78 valence electrons. The van der Waals surface area contributed by atoms with Crippen LogP contribution in [-0.4, -0.2) is 13.4 Å². The first kappa shape index (κ1) is 10.9. The minimum absolute atomic E-state index is 0.108. The first-order valence-electron chi connectivity index (χ1n) is 3.98. The number of pyridine rings is 1. The van der Waals surface area contributed by atoms with Crippen LogP contribution in [-0.2, 0) is 9.05 Å². The molecular formula is C9H5BrClNO2S. The van der Waals surface area contributed by atoms with Gasteiger partial charge in [0.15, 0.2) is 5.03 Å². The number of aromatic nitrogens is 1. The van der Waals surface area contributed by atoms with Crippen molar-refractivity contribution in [2.75, 3.05) is 0 Å². The third-order valence-electron chi connectivity index (χ3n) is 1.95. The molecule has 0 saturated heterocycles. The van der Waals surface area contributed by atoms with Crippen LogP contribution in [0, 0.1) is 0 Å². The van der Waals surface area contributed by atoms with Crippen LogP contribution in [0.15, 0.2) is 40.0 Å². The number of fused-ring (bicyclic) bond motifs is 1. The maximum absolute atomic E-state index is 11.2. The van der Waals surface area contributed by atoms with Gasteiger partial charge in [-0.15, -0.1) is 0 Å². The molecule has 2 rings (SSSR count). The fraction of sp³-hybridized carbons (Fsp3) is 0. The highest BCUT2D eigenvalue weighted by molar-refractivity contribution is 9.10. The van der Waals surface area contributed by atoms with Crippen molar-refractivity contribution in [2.24, 2.45) is 0 Å². The quantitative estimate of drug-likeness (QED) is 0.761. The van der Waals surface area contributed by atoms with Crippen LogP contribution in [0.25, 0.3) is 10.8 Å². The SMILES string of the molecule is O=S(=O)(Cl)c1nccc2c(Br)cccc12. The molecule has 0 atom stereocenters. The molecule has 0 aliphatic rings. The normalized spacial score (nSPS) is 11.9. The number of hydrogen-bond donors (Lipinski definition) is 0. The number of rotatable bonds is 1. The van der Waals surface area contributed by atoms with Crippen molar-refractivity contribution in [1.82, 2.24) is 4.98 Å². The average molecular weight is 307 g/mol. The molecule has 0 N–H and O–H groups in total. The van der Waals surface area contributed by atoms with Crippen molar-refractivity contribution in [1.29, 1.82) is 0 Å². The van der Waals surface area contributed by atoms with Crippen LogP contribution < -0.4 is 0 Å². The fourth-order valence-corrected chi connectivity index (χ4v) is 2.83. The van der Waals surface area contributed by atoms with E-state index in [0.717, 1.165) is 9.86 Å². The van der Waals surface area contributed by atoms with Gasteiger partial charge in [-0.2, -0.15) is 0 Å². The molecule has 0 bridgehead atoms. The molecule has 0 aliphatic heterocycles. The first-order chi connectivity index (χ1) is 7.00. The molecule has 1 heterocycles. The molecule has 0 fully saturated rings. The third-order valence-corrected chi connectivity index (χ3v) is 3.86. The summed E-state index contributed by atoms with van der Waals surface area (Å²) in [6.07, 6.45) is 1.42. The van der Waals surface area contributed by atoms with Crippen LogP contribution in [0.1, 0.15) is 0 Å². The molecule has 0 spiro atoms. The Morgan fingerprint density at radius 2 is 1.93 bits per heavy atom. The molecule has 6 heteroatoms. The van der Waals surface area contributed by atoms with E-state index in [4.69, 9.17) is 10.7 Å². The smallest absolute Gasteiger partial charge is 0.243 e. The van der Waals surface area contributed by atoms with Gasteiger partial charge in [0, 0.05) is 32.1 Å². The van der Waals surface area contributed by atoms with E-state index in [1.165, 1.54) is 6.20 Å². The maximum Gasteiger partial charge on any atom is 0.279 e. The van der Waals surface area contributed by atoms with Crippen molar-refractivity contribution in [3.05, 3.63) is 34.9 Å². The van der Waals surface area contributed by atoms with Crippen LogP contribution in [0.2, 0.25) is 0 Å². The van der Waals surface area contributed by atoms with Crippen molar-refractivity contribution in [3.8, 4) is 0 Å². The van der Waals surface area contributed by atoms with Crippen LogP contribution in [0.3, 0.4) is 0 Å². The Balaban J connectivity index is 2.96. The average Bonchev–Trinajstić information content (AvgIpc) is 2.16. The lowest BCUT2D eigenvalue weighted by Crippen LogP contribution is -1.95. The van der Waals surface area contributed by atoms with Gasteiger partial charge in [0.05, 0.1) is 0 Å². The van der Waals surface area contributed by atoms with Gasteiger partial charge in [-0.1, -0.05) is 28.1 Å². The molecule has 3 nitrogen and oxygen atoms in total.